The second-order valence-electron chi connectivity index (χ2n) is 7.24. The maximum absolute atomic E-state index is 4.71. The van der Waals surface area contributed by atoms with Crippen molar-refractivity contribution in [2.45, 2.75) is 83.6 Å². The van der Waals surface area contributed by atoms with Gasteiger partial charge >= 0.3 is 0 Å². The summed E-state index contributed by atoms with van der Waals surface area (Å²) in [6, 6.07) is 0. The molecule has 0 radical (unpaired) electrons. The van der Waals surface area contributed by atoms with E-state index in [0.29, 0.717) is 11.3 Å². The Bertz CT molecular complexity index is 218. The fourth-order valence-electron chi connectivity index (χ4n) is 1.68. The molecule has 0 aliphatic carbocycles. The van der Waals surface area contributed by atoms with E-state index >= 15 is 0 Å². The van der Waals surface area contributed by atoms with Crippen molar-refractivity contribution in [3.05, 3.63) is 0 Å². The first kappa shape index (κ1) is 17.7. The second-order valence-corrected chi connectivity index (χ2v) is 9.51. The molecule has 2 heteroatoms. The third-order valence-corrected chi connectivity index (χ3v) is 5.60. The van der Waals surface area contributed by atoms with Gasteiger partial charge in [-0.05, 0) is 24.2 Å². The van der Waals surface area contributed by atoms with Gasteiger partial charge in [0.1, 0.15) is 0 Å². The summed E-state index contributed by atoms with van der Waals surface area (Å²) in [5.74, 6) is 0.679. The van der Waals surface area contributed by atoms with Crippen molar-refractivity contribution in [1.82, 2.24) is 0 Å². The fraction of sp³-hybridized carbons (Fsp3) is 1.00. The zero-order valence-electron chi connectivity index (χ0n) is 12.8. The Morgan fingerprint density at radius 2 is 1.35 bits per heavy atom. The zero-order chi connectivity index (χ0) is 13.9. The van der Waals surface area contributed by atoms with Crippen molar-refractivity contribution < 1.29 is 0 Å². The van der Waals surface area contributed by atoms with E-state index in [4.69, 9.17) is 12.6 Å². The van der Waals surface area contributed by atoms with Crippen LogP contribution in [-0.4, -0.2) is 9.49 Å². The Morgan fingerprint density at radius 3 is 1.71 bits per heavy atom. The third-order valence-electron chi connectivity index (χ3n) is 4.55. The molecule has 0 aromatic rings. The molecule has 0 saturated carbocycles. The zero-order valence-corrected chi connectivity index (χ0v) is 14.6. The van der Waals surface area contributed by atoms with E-state index in [1.807, 2.05) is 0 Å². The van der Waals surface area contributed by atoms with E-state index in [1.165, 1.54) is 25.7 Å². The Morgan fingerprint density at radius 1 is 0.882 bits per heavy atom. The molecule has 0 bridgehead atoms. The van der Waals surface area contributed by atoms with Gasteiger partial charge in [0.15, 0.2) is 0 Å². The van der Waals surface area contributed by atoms with Gasteiger partial charge < -0.3 is 0 Å². The molecule has 0 amide bonds. The van der Waals surface area contributed by atoms with Crippen LogP contribution < -0.4 is 0 Å². The van der Waals surface area contributed by atoms with Crippen LogP contribution in [0.15, 0.2) is 0 Å². The molecule has 1 atom stereocenters. The lowest BCUT2D eigenvalue weighted by molar-refractivity contribution is 0.248. The minimum absolute atomic E-state index is 0.0986. The molecule has 0 aromatic heterocycles. The van der Waals surface area contributed by atoms with Crippen LogP contribution in [0.4, 0.5) is 0 Å². The predicted molar refractivity (Wildman–Crippen MR) is 87.5 cm³/mol. The molecule has 0 fully saturated rings. The van der Waals surface area contributed by atoms with Crippen LogP contribution in [0.25, 0.3) is 0 Å². The summed E-state index contributed by atoms with van der Waals surface area (Å²) in [6.07, 6.45) is 5.13. The maximum atomic E-state index is 4.71. The average Bonchev–Trinajstić information content (AvgIpc) is 2.08. The fourth-order valence-corrected chi connectivity index (χ4v) is 1.92. The number of hydrogen-bond donors (Lipinski definition) is 2. The minimum Gasteiger partial charge on any atom is -0.173 e. The quantitative estimate of drug-likeness (QED) is 0.437. The van der Waals surface area contributed by atoms with Crippen molar-refractivity contribution in [2.75, 3.05) is 0 Å². The lowest BCUT2D eigenvalue weighted by atomic mass is 9.76. The van der Waals surface area contributed by atoms with E-state index in [1.54, 1.807) is 0 Å². The number of hydrogen-bond acceptors (Lipinski definition) is 2. The van der Waals surface area contributed by atoms with Gasteiger partial charge in [-0.25, -0.2) is 0 Å². The van der Waals surface area contributed by atoms with Crippen LogP contribution in [0.2, 0.25) is 0 Å². The van der Waals surface area contributed by atoms with Gasteiger partial charge in [-0.15, -0.1) is 0 Å². The molecule has 0 rings (SSSR count). The van der Waals surface area contributed by atoms with E-state index in [2.05, 4.69) is 61.1 Å². The first-order chi connectivity index (χ1) is 7.38. The molecular weight excluding hydrogens is 244 g/mol. The van der Waals surface area contributed by atoms with Crippen molar-refractivity contribution in [2.24, 2.45) is 11.3 Å². The highest BCUT2D eigenvalue weighted by Gasteiger charge is 2.33. The van der Waals surface area contributed by atoms with Gasteiger partial charge in [0, 0.05) is 9.49 Å². The highest BCUT2D eigenvalue weighted by Crippen LogP contribution is 2.40. The van der Waals surface area contributed by atoms with Crippen molar-refractivity contribution in [3.8, 4) is 0 Å². The van der Waals surface area contributed by atoms with E-state index < -0.39 is 0 Å². The summed E-state index contributed by atoms with van der Waals surface area (Å²) in [5, 5.41) is 0. The van der Waals surface area contributed by atoms with E-state index in [0.717, 1.165) is 0 Å². The molecule has 0 aliphatic rings. The standard InChI is InChI=1S/C15H32S2/c1-12(14(4,5)16)10-8-9-11-13(2,3)15(6,7)17/h12,16-17H,8-11H2,1-7H3. The molecule has 0 heterocycles. The van der Waals surface area contributed by atoms with E-state index in [-0.39, 0.29) is 9.49 Å². The lowest BCUT2D eigenvalue weighted by Crippen LogP contribution is -2.33. The molecular formula is C15H32S2. The van der Waals surface area contributed by atoms with Gasteiger partial charge in [-0.3, -0.25) is 0 Å². The summed E-state index contributed by atoms with van der Waals surface area (Å²) in [4.78, 5) is 0. The summed E-state index contributed by atoms with van der Waals surface area (Å²) in [7, 11) is 0. The number of unbranched alkanes of at least 4 members (excludes halogenated alkanes) is 1. The van der Waals surface area contributed by atoms with Gasteiger partial charge in [0.2, 0.25) is 0 Å². The van der Waals surface area contributed by atoms with Crippen LogP contribution in [0, 0.1) is 11.3 Å². The van der Waals surface area contributed by atoms with Crippen LogP contribution in [0.3, 0.4) is 0 Å². The van der Waals surface area contributed by atoms with Gasteiger partial charge in [0.05, 0.1) is 0 Å². The molecule has 1 unspecified atom stereocenters. The summed E-state index contributed by atoms with van der Waals surface area (Å²) < 4.78 is 0.250. The highest BCUT2D eigenvalue weighted by atomic mass is 32.1. The Labute approximate surface area is 120 Å². The first-order valence-electron chi connectivity index (χ1n) is 6.83. The van der Waals surface area contributed by atoms with Crippen LogP contribution in [0.5, 0.6) is 0 Å². The molecule has 0 spiro atoms. The molecule has 104 valence electrons. The van der Waals surface area contributed by atoms with Crippen molar-refractivity contribution in [3.63, 3.8) is 0 Å². The molecule has 0 aliphatic heterocycles. The second kappa shape index (κ2) is 6.23. The predicted octanol–water partition coefficient (Wildman–Crippen LogP) is 5.63. The Balaban J connectivity index is 3.95. The van der Waals surface area contributed by atoms with Crippen molar-refractivity contribution in [1.29, 1.82) is 0 Å². The number of thiol groups is 2. The molecule has 0 N–H and O–H groups in total. The normalized spacial score (nSPS) is 16.1. The van der Waals surface area contributed by atoms with Crippen molar-refractivity contribution >= 4 is 25.3 Å². The van der Waals surface area contributed by atoms with E-state index in [9.17, 15) is 0 Å². The summed E-state index contributed by atoms with van der Waals surface area (Å²) in [6.45, 7) is 15.8. The lowest BCUT2D eigenvalue weighted by Gasteiger charge is -2.38. The Hall–Kier alpha value is 0.700. The molecule has 0 nitrogen and oxygen atoms in total. The highest BCUT2D eigenvalue weighted by molar-refractivity contribution is 7.82. The van der Waals surface area contributed by atoms with Crippen LogP contribution in [-0.2, 0) is 0 Å². The Kier molecular flexibility index (Phi) is 6.49. The van der Waals surface area contributed by atoms with Crippen LogP contribution >= 0.6 is 25.3 Å². The van der Waals surface area contributed by atoms with Gasteiger partial charge in [0.25, 0.3) is 0 Å². The largest absolute Gasteiger partial charge is 0.173 e. The van der Waals surface area contributed by atoms with Gasteiger partial charge in [-0.1, -0.05) is 61.3 Å². The first-order valence-corrected chi connectivity index (χ1v) is 7.72. The smallest absolute Gasteiger partial charge is 0.0124 e. The minimum atomic E-state index is 0.0986. The summed E-state index contributed by atoms with van der Waals surface area (Å²) in [5.41, 5.74) is 0.301. The van der Waals surface area contributed by atoms with Crippen LogP contribution in [0.1, 0.15) is 74.1 Å². The molecule has 17 heavy (non-hydrogen) atoms. The maximum Gasteiger partial charge on any atom is 0.0124 e. The SMILES string of the molecule is CC(CCCCC(C)(C)C(C)(C)S)C(C)(C)S. The molecule has 0 saturated heterocycles. The summed E-state index contributed by atoms with van der Waals surface area (Å²) >= 11 is 9.35. The van der Waals surface area contributed by atoms with Gasteiger partial charge in [-0.2, -0.15) is 25.3 Å². The number of rotatable bonds is 7. The third kappa shape index (κ3) is 6.42. The average molecular weight is 277 g/mol. The topological polar surface area (TPSA) is 0 Å². The monoisotopic (exact) mass is 276 g/mol. The molecule has 0 aromatic carbocycles.